The molecule has 0 saturated heterocycles. The fraction of sp³-hybridized carbons (Fsp3) is 0.500. The summed E-state index contributed by atoms with van der Waals surface area (Å²) in [5.74, 6) is -0.199. The third-order valence-electron chi connectivity index (χ3n) is 2.51. The summed E-state index contributed by atoms with van der Waals surface area (Å²) >= 11 is 3.20. The first-order valence-corrected chi connectivity index (χ1v) is 6.07. The van der Waals surface area contributed by atoms with Crippen LogP contribution in [0.25, 0.3) is 0 Å². The number of hydrogen-bond acceptors (Lipinski definition) is 1. The molecule has 0 aliphatic carbocycles. The predicted molar refractivity (Wildman–Crippen MR) is 65.6 cm³/mol. The molecule has 1 aromatic carbocycles. The van der Waals surface area contributed by atoms with Gasteiger partial charge in [0.2, 0.25) is 0 Å². The second-order valence-electron chi connectivity index (χ2n) is 3.73. The van der Waals surface area contributed by atoms with Crippen LogP contribution in [0, 0.1) is 5.82 Å². The van der Waals surface area contributed by atoms with Crippen molar-refractivity contribution in [1.82, 2.24) is 5.32 Å². The fourth-order valence-corrected chi connectivity index (χ4v) is 2.07. The molecule has 1 nitrogen and oxygen atoms in total. The van der Waals surface area contributed by atoms with Crippen molar-refractivity contribution in [3.05, 3.63) is 34.1 Å². The topological polar surface area (TPSA) is 12.0 Å². The van der Waals surface area contributed by atoms with Crippen LogP contribution >= 0.6 is 15.9 Å². The molecular formula is C12H17BrFN. The van der Waals surface area contributed by atoms with Crippen LogP contribution in [0.15, 0.2) is 22.7 Å². The maximum absolute atomic E-state index is 13.0. The largest absolute Gasteiger partial charge is 0.317 e. The normalized spacial score (nSPS) is 12.8. The molecule has 0 aromatic heterocycles. The van der Waals surface area contributed by atoms with Gasteiger partial charge in [0.25, 0.3) is 0 Å². The summed E-state index contributed by atoms with van der Waals surface area (Å²) < 4.78 is 13.6. The van der Waals surface area contributed by atoms with Crippen LogP contribution in [0.4, 0.5) is 4.39 Å². The molecule has 0 radical (unpaired) electrons. The number of hydrogen-bond donors (Lipinski definition) is 1. The molecule has 15 heavy (non-hydrogen) atoms. The lowest BCUT2D eigenvalue weighted by atomic mass is 10.0. The number of likely N-dealkylation sites (N-methyl/N-ethyl adjacent to an activating group) is 1. The lowest BCUT2D eigenvalue weighted by molar-refractivity contribution is 0.513. The Hall–Kier alpha value is -0.410. The summed E-state index contributed by atoms with van der Waals surface area (Å²) in [5.41, 5.74) is 1.16. The van der Waals surface area contributed by atoms with Crippen molar-refractivity contribution in [1.29, 1.82) is 0 Å². The van der Waals surface area contributed by atoms with Gasteiger partial charge in [0.15, 0.2) is 0 Å². The zero-order valence-electron chi connectivity index (χ0n) is 9.19. The van der Waals surface area contributed by atoms with E-state index in [1.165, 1.54) is 6.07 Å². The number of rotatable bonds is 5. The minimum atomic E-state index is -0.199. The van der Waals surface area contributed by atoms with Gasteiger partial charge in [0.05, 0.1) is 4.47 Å². The van der Waals surface area contributed by atoms with E-state index in [0.29, 0.717) is 10.5 Å². The van der Waals surface area contributed by atoms with Crippen molar-refractivity contribution in [2.45, 2.75) is 32.2 Å². The third kappa shape index (κ3) is 3.92. The van der Waals surface area contributed by atoms with Gasteiger partial charge in [0, 0.05) is 6.04 Å². The van der Waals surface area contributed by atoms with E-state index >= 15 is 0 Å². The minimum absolute atomic E-state index is 0.199. The van der Waals surface area contributed by atoms with E-state index in [-0.39, 0.29) is 5.82 Å². The number of benzene rings is 1. The Balaban J connectivity index is 2.66. The van der Waals surface area contributed by atoms with E-state index < -0.39 is 0 Å². The van der Waals surface area contributed by atoms with Gasteiger partial charge in [0.1, 0.15) is 5.82 Å². The zero-order chi connectivity index (χ0) is 11.3. The van der Waals surface area contributed by atoms with Crippen molar-refractivity contribution < 1.29 is 4.39 Å². The van der Waals surface area contributed by atoms with Gasteiger partial charge < -0.3 is 5.32 Å². The van der Waals surface area contributed by atoms with Crippen molar-refractivity contribution in [2.24, 2.45) is 0 Å². The van der Waals surface area contributed by atoms with Gasteiger partial charge in [-0.15, -0.1) is 0 Å². The van der Waals surface area contributed by atoms with Crippen LogP contribution in [-0.4, -0.2) is 13.1 Å². The van der Waals surface area contributed by atoms with Crippen LogP contribution in [0.1, 0.15) is 25.3 Å². The van der Waals surface area contributed by atoms with Crippen molar-refractivity contribution in [3.63, 3.8) is 0 Å². The zero-order valence-corrected chi connectivity index (χ0v) is 10.8. The van der Waals surface area contributed by atoms with Gasteiger partial charge in [-0.1, -0.05) is 19.4 Å². The molecule has 0 fully saturated rings. The highest BCUT2D eigenvalue weighted by Crippen LogP contribution is 2.18. The molecule has 1 atom stereocenters. The summed E-state index contributed by atoms with van der Waals surface area (Å²) in [6.45, 7) is 2.17. The number of halogens is 2. The average molecular weight is 274 g/mol. The molecule has 1 aromatic rings. The quantitative estimate of drug-likeness (QED) is 0.866. The Morgan fingerprint density at radius 2 is 2.20 bits per heavy atom. The highest BCUT2D eigenvalue weighted by Gasteiger charge is 2.07. The van der Waals surface area contributed by atoms with E-state index in [0.717, 1.165) is 24.8 Å². The summed E-state index contributed by atoms with van der Waals surface area (Å²) in [4.78, 5) is 0. The highest BCUT2D eigenvalue weighted by atomic mass is 79.9. The molecule has 3 heteroatoms. The van der Waals surface area contributed by atoms with Crippen LogP contribution in [-0.2, 0) is 6.42 Å². The predicted octanol–water partition coefficient (Wildman–Crippen LogP) is 3.52. The van der Waals surface area contributed by atoms with Crippen LogP contribution < -0.4 is 5.32 Å². The lowest BCUT2D eigenvalue weighted by Crippen LogP contribution is -2.27. The molecule has 0 aliphatic rings. The van der Waals surface area contributed by atoms with Gasteiger partial charge in [-0.3, -0.25) is 0 Å². The maximum Gasteiger partial charge on any atom is 0.137 e. The Kier molecular flexibility index (Phi) is 5.26. The standard InChI is InChI=1S/C12H17BrFN/c1-3-4-10(15-2)7-9-5-6-12(14)11(13)8-9/h5-6,8,10,15H,3-4,7H2,1-2H3. The van der Waals surface area contributed by atoms with Crippen molar-refractivity contribution in [2.75, 3.05) is 7.05 Å². The monoisotopic (exact) mass is 273 g/mol. The minimum Gasteiger partial charge on any atom is -0.317 e. The number of nitrogens with one attached hydrogen (secondary N) is 1. The second kappa shape index (κ2) is 6.23. The molecule has 0 bridgehead atoms. The Morgan fingerprint density at radius 3 is 2.73 bits per heavy atom. The summed E-state index contributed by atoms with van der Waals surface area (Å²) in [6.07, 6.45) is 3.25. The first kappa shape index (κ1) is 12.7. The lowest BCUT2D eigenvalue weighted by Gasteiger charge is -2.15. The summed E-state index contributed by atoms with van der Waals surface area (Å²) in [7, 11) is 1.97. The van der Waals surface area contributed by atoms with E-state index in [2.05, 4.69) is 28.2 Å². The van der Waals surface area contributed by atoms with E-state index in [1.807, 2.05) is 19.2 Å². The molecule has 84 valence electrons. The molecule has 0 amide bonds. The molecule has 1 N–H and O–H groups in total. The van der Waals surface area contributed by atoms with Crippen molar-refractivity contribution >= 4 is 15.9 Å². The van der Waals surface area contributed by atoms with E-state index in [1.54, 1.807) is 0 Å². The second-order valence-corrected chi connectivity index (χ2v) is 4.58. The van der Waals surface area contributed by atoms with E-state index in [4.69, 9.17) is 0 Å². The fourth-order valence-electron chi connectivity index (χ4n) is 1.65. The average Bonchev–Trinajstić information content (AvgIpc) is 2.23. The molecule has 0 saturated carbocycles. The van der Waals surface area contributed by atoms with Gasteiger partial charge in [-0.2, -0.15) is 0 Å². The molecule has 1 unspecified atom stereocenters. The summed E-state index contributed by atoms with van der Waals surface area (Å²) in [6, 6.07) is 5.69. The smallest absolute Gasteiger partial charge is 0.137 e. The van der Waals surface area contributed by atoms with Gasteiger partial charge >= 0.3 is 0 Å². The van der Waals surface area contributed by atoms with Crippen LogP contribution in [0.2, 0.25) is 0 Å². The maximum atomic E-state index is 13.0. The Bertz CT molecular complexity index is 314. The Morgan fingerprint density at radius 1 is 1.47 bits per heavy atom. The van der Waals surface area contributed by atoms with E-state index in [9.17, 15) is 4.39 Å². The first-order valence-electron chi connectivity index (χ1n) is 5.28. The molecule has 0 spiro atoms. The Labute approximate surface area is 99.2 Å². The van der Waals surface area contributed by atoms with Gasteiger partial charge in [-0.25, -0.2) is 4.39 Å². The van der Waals surface area contributed by atoms with Crippen LogP contribution in [0.3, 0.4) is 0 Å². The molecular weight excluding hydrogens is 257 g/mol. The highest BCUT2D eigenvalue weighted by molar-refractivity contribution is 9.10. The summed E-state index contributed by atoms with van der Waals surface area (Å²) in [5, 5.41) is 3.28. The van der Waals surface area contributed by atoms with Gasteiger partial charge in [-0.05, 0) is 53.5 Å². The molecule has 0 heterocycles. The third-order valence-corrected chi connectivity index (χ3v) is 3.12. The van der Waals surface area contributed by atoms with Crippen LogP contribution in [0.5, 0.6) is 0 Å². The SMILES string of the molecule is CCCC(Cc1ccc(F)c(Br)c1)NC. The molecule has 1 rings (SSSR count). The molecule has 0 aliphatic heterocycles. The van der Waals surface area contributed by atoms with Crippen molar-refractivity contribution in [3.8, 4) is 0 Å². The first-order chi connectivity index (χ1) is 7.17.